The van der Waals surface area contributed by atoms with E-state index in [4.69, 9.17) is 4.74 Å². The van der Waals surface area contributed by atoms with E-state index in [0.717, 1.165) is 32.4 Å². The van der Waals surface area contributed by atoms with Crippen LogP contribution in [0.4, 0.5) is 4.79 Å². The molecule has 3 rings (SSSR count). The summed E-state index contributed by atoms with van der Waals surface area (Å²) in [5.41, 5.74) is 0.850. The van der Waals surface area contributed by atoms with Crippen molar-refractivity contribution in [3.8, 4) is 0 Å². The van der Waals surface area contributed by atoms with Crippen LogP contribution in [0.1, 0.15) is 50.5 Å². The number of piperidine rings is 1. The standard InChI is InChI=1S/C19H28N2O3S/c1-19(2,3)24-18(23)20-8-4-14(5-9-20)12-17(22)21-10-6-16-15(13-21)7-11-25-16/h7,11,14H,4-6,8-10,12-13H2,1-3H3. The van der Waals surface area contributed by atoms with Crippen molar-refractivity contribution in [1.82, 2.24) is 9.80 Å². The molecule has 0 radical (unpaired) electrons. The Morgan fingerprint density at radius 1 is 1.20 bits per heavy atom. The molecule has 0 spiro atoms. The second kappa shape index (κ2) is 7.36. The second-order valence-corrected chi connectivity index (χ2v) is 9.05. The van der Waals surface area contributed by atoms with Crippen LogP contribution in [0.15, 0.2) is 11.4 Å². The van der Waals surface area contributed by atoms with Crippen LogP contribution in [-0.4, -0.2) is 47.0 Å². The van der Waals surface area contributed by atoms with Crippen molar-refractivity contribution in [1.29, 1.82) is 0 Å². The fourth-order valence-electron chi connectivity index (χ4n) is 3.48. The summed E-state index contributed by atoms with van der Waals surface area (Å²) in [5.74, 6) is 0.627. The first-order valence-corrected chi connectivity index (χ1v) is 10.0. The van der Waals surface area contributed by atoms with E-state index in [-0.39, 0.29) is 12.0 Å². The van der Waals surface area contributed by atoms with E-state index in [9.17, 15) is 9.59 Å². The Morgan fingerprint density at radius 2 is 1.92 bits per heavy atom. The molecule has 25 heavy (non-hydrogen) atoms. The average Bonchev–Trinajstić information content (AvgIpc) is 3.01. The minimum Gasteiger partial charge on any atom is -0.444 e. The molecule has 2 amide bonds. The fourth-order valence-corrected chi connectivity index (χ4v) is 4.37. The second-order valence-electron chi connectivity index (χ2n) is 8.05. The van der Waals surface area contributed by atoms with Crippen molar-refractivity contribution in [2.75, 3.05) is 19.6 Å². The summed E-state index contributed by atoms with van der Waals surface area (Å²) >= 11 is 1.79. The zero-order valence-electron chi connectivity index (χ0n) is 15.4. The van der Waals surface area contributed by atoms with Gasteiger partial charge in [-0.15, -0.1) is 11.3 Å². The first kappa shape index (κ1) is 18.2. The summed E-state index contributed by atoms with van der Waals surface area (Å²) in [5, 5.41) is 2.12. The lowest BCUT2D eigenvalue weighted by atomic mass is 9.93. The molecule has 2 aliphatic rings. The first-order valence-electron chi connectivity index (χ1n) is 9.13. The molecule has 0 aliphatic carbocycles. The van der Waals surface area contributed by atoms with Crippen LogP contribution in [0.3, 0.4) is 0 Å². The molecule has 0 N–H and O–H groups in total. The van der Waals surface area contributed by atoms with Crippen molar-refractivity contribution < 1.29 is 14.3 Å². The van der Waals surface area contributed by atoms with Gasteiger partial charge in [-0.25, -0.2) is 4.79 Å². The number of ether oxygens (including phenoxy) is 1. The van der Waals surface area contributed by atoms with E-state index in [1.54, 1.807) is 16.2 Å². The number of nitrogens with zero attached hydrogens (tertiary/aromatic N) is 2. The summed E-state index contributed by atoms with van der Waals surface area (Å²) in [6.45, 7) is 8.61. The number of carbonyl (C=O) groups excluding carboxylic acids is 2. The summed E-state index contributed by atoms with van der Waals surface area (Å²) in [7, 11) is 0. The molecule has 1 aromatic heterocycles. The quantitative estimate of drug-likeness (QED) is 0.804. The normalized spacial score (nSPS) is 18.8. The van der Waals surface area contributed by atoms with Crippen LogP contribution in [0.25, 0.3) is 0 Å². The van der Waals surface area contributed by atoms with Gasteiger partial charge in [-0.1, -0.05) is 0 Å². The number of likely N-dealkylation sites (tertiary alicyclic amines) is 1. The van der Waals surface area contributed by atoms with E-state index in [2.05, 4.69) is 11.4 Å². The van der Waals surface area contributed by atoms with E-state index in [0.29, 0.717) is 25.4 Å². The zero-order chi connectivity index (χ0) is 18.0. The van der Waals surface area contributed by atoms with Crippen molar-refractivity contribution in [3.05, 3.63) is 21.9 Å². The van der Waals surface area contributed by atoms with Crippen LogP contribution in [0, 0.1) is 5.92 Å². The number of hydrogen-bond acceptors (Lipinski definition) is 4. The molecule has 1 fully saturated rings. The number of hydrogen-bond donors (Lipinski definition) is 0. The molecule has 138 valence electrons. The van der Waals surface area contributed by atoms with Gasteiger partial charge in [0.15, 0.2) is 0 Å². The van der Waals surface area contributed by atoms with Gasteiger partial charge in [0.05, 0.1) is 0 Å². The molecule has 0 saturated carbocycles. The van der Waals surface area contributed by atoms with E-state index in [1.807, 2.05) is 25.7 Å². The Morgan fingerprint density at radius 3 is 2.60 bits per heavy atom. The molecule has 3 heterocycles. The monoisotopic (exact) mass is 364 g/mol. The minimum atomic E-state index is -0.460. The van der Waals surface area contributed by atoms with Gasteiger partial charge in [0.1, 0.15) is 5.60 Å². The van der Waals surface area contributed by atoms with E-state index in [1.165, 1.54) is 10.4 Å². The maximum absolute atomic E-state index is 12.6. The lowest BCUT2D eigenvalue weighted by Gasteiger charge is -2.34. The highest BCUT2D eigenvalue weighted by molar-refractivity contribution is 7.10. The molecule has 0 bridgehead atoms. The Hall–Kier alpha value is -1.56. The van der Waals surface area contributed by atoms with E-state index < -0.39 is 5.60 Å². The maximum Gasteiger partial charge on any atom is 0.410 e. The van der Waals surface area contributed by atoms with Crippen molar-refractivity contribution >= 4 is 23.3 Å². The minimum absolute atomic E-state index is 0.238. The molecule has 0 aromatic carbocycles. The highest BCUT2D eigenvalue weighted by Crippen LogP contribution is 2.27. The summed E-state index contributed by atoms with van der Waals surface area (Å²) in [6, 6.07) is 2.14. The SMILES string of the molecule is CC(C)(C)OC(=O)N1CCC(CC(=O)N2CCc3sccc3C2)CC1. The topological polar surface area (TPSA) is 49.9 Å². The summed E-state index contributed by atoms with van der Waals surface area (Å²) < 4.78 is 5.43. The highest BCUT2D eigenvalue weighted by atomic mass is 32.1. The van der Waals surface area contributed by atoms with Gasteiger partial charge >= 0.3 is 6.09 Å². The number of amides is 2. The maximum atomic E-state index is 12.6. The molecule has 0 atom stereocenters. The molecular formula is C19H28N2O3S. The van der Waals surface area contributed by atoms with Gasteiger partial charge in [0.25, 0.3) is 0 Å². The van der Waals surface area contributed by atoms with Gasteiger partial charge in [-0.05, 0) is 63.0 Å². The zero-order valence-corrected chi connectivity index (χ0v) is 16.2. The van der Waals surface area contributed by atoms with Crippen LogP contribution in [0.2, 0.25) is 0 Å². The van der Waals surface area contributed by atoms with Crippen molar-refractivity contribution in [3.63, 3.8) is 0 Å². The Bertz CT molecular complexity index is 627. The Kier molecular flexibility index (Phi) is 5.37. The van der Waals surface area contributed by atoms with Crippen LogP contribution >= 0.6 is 11.3 Å². The summed E-state index contributed by atoms with van der Waals surface area (Å²) in [4.78, 5) is 29.9. The number of thiophene rings is 1. The van der Waals surface area contributed by atoms with Crippen molar-refractivity contribution in [2.24, 2.45) is 5.92 Å². The van der Waals surface area contributed by atoms with Gasteiger partial charge in [-0.3, -0.25) is 4.79 Å². The van der Waals surface area contributed by atoms with Crippen LogP contribution in [0.5, 0.6) is 0 Å². The van der Waals surface area contributed by atoms with Gasteiger partial charge in [0, 0.05) is 37.5 Å². The molecule has 1 aromatic rings. The Balaban J connectivity index is 1.45. The third kappa shape index (κ3) is 4.75. The third-order valence-electron chi connectivity index (χ3n) is 4.89. The number of fused-ring (bicyclic) bond motifs is 1. The fraction of sp³-hybridized carbons (Fsp3) is 0.684. The predicted molar refractivity (Wildman–Crippen MR) is 98.6 cm³/mol. The van der Waals surface area contributed by atoms with Gasteiger partial charge in [0.2, 0.25) is 5.91 Å². The Labute approximate surface area is 153 Å². The number of rotatable bonds is 2. The molecule has 2 aliphatic heterocycles. The van der Waals surface area contributed by atoms with Crippen LogP contribution in [-0.2, 0) is 22.5 Å². The average molecular weight is 365 g/mol. The predicted octanol–water partition coefficient (Wildman–Crippen LogP) is 3.67. The molecule has 6 heteroatoms. The van der Waals surface area contributed by atoms with Gasteiger partial charge in [-0.2, -0.15) is 0 Å². The lowest BCUT2D eigenvalue weighted by molar-refractivity contribution is -0.133. The molecule has 1 saturated heterocycles. The smallest absolute Gasteiger partial charge is 0.410 e. The van der Waals surface area contributed by atoms with Gasteiger partial charge < -0.3 is 14.5 Å². The third-order valence-corrected chi connectivity index (χ3v) is 5.91. The summed E-state index contributed by atoms with van der Waals surface area (Å²) in [6.07, 6.45) is 3.10. The van der Waals surface area contributed by atoms with Crippen molar-refractivity contribution in [2.45, 2.75) is 58.6 Å². The highest BCUT2D eigenvalue weighted by Gasteiger charge is 2.29. The largest absolute Gasteiger partial charge is 0.444 e. The van der Waals surface area contributed by atoms with Crippen LogP contribution < -0.4 is 0 Å². The molecular weight excluding hydrogens is 336 g/mol. The van der Waals surface area contributed by atoms with E-state index >= 15 is 0 Å². The lowest BCUT2D eigenvalue weighted by Crippen LogP contribution is -2.43. The molecule has 0 unspecified atom stereocenters. The molecule has 5 nitrogen and oxygen atoms in total. The first-order chi connectivity index (χ1) is 11.8. The number of carbonyl (C=O) groups is 2.